The number of nitro benzene ring substituents is 1. The van der Waals surface area contributed by atoms with Gasteiger partial charge in [-0.25, -0.2) is 0 Å². The molecule has 2 unspecified atom stereocenters. The van der Waals surface area contributed by atoms with Crippen molar-refractivity contribution in [1.29, 1.82) is 0 Å². The highest BCUT2D eigenvalue weighted by Crippen LogP contribution is 2.42. The molecule has 0 N–H and O–H groups in total. The number of ether oxygens (including phenoxy) is 2. The number of carbonyl (C=O) groups excluding carboxylic acids is 1. The summed E-state index contributed by atoms with van der Waals surface area (Å²) in [4.78, 5) is 26.9. The minimum atomic E-state index is -0.429. The van der Waals surface area contributed by atoms with Crippen LogP contribution in [0.25, 0.3) is 0 Å². The number of fused-ring (bicyclic) bond motifs is 1. The Hall–Kier alpha value is -3.52. The predicted molar refractivity (Wildman–Crippen MR) is 132 cm³/mol. The van der Waals surface area contributed by atoms with Crippen LogP contribution in [0.4, 0.5) is 5.69 Å². The number of thioether (sulfide) groups is 1. The highest BCUT2D eigenvalue weighted by atomic mass is 32.2. The molecule has 0 aromatic heterocycles. The van der Waals surface area contributed by atoms with Crippen molar-refractivity contribution in [1.82, 2.24) is 4.90 Å². The number of carbonyl (C=O) groups is 1. The molecule has 1 amide bonds. The smallest absolute Gasteiger partial charge is 0.269 e. The van der Waals surface area contributed by atoms with E-state index < -0.39 is 4.92 Å². The molecule has 7 nitrogen and oxygen atoms in total. The fourth-order valence-electron chi connectivity index (χ4n) is 4.31. The maximum Gasteiger partial charge on any atom is 0.269 e. The van der Waals surface area contributed by atoms with Crippen molar-refractivity contribution >= 4 is 23.4 Å². The van der Waals surface area contributed by atoms with E-state index in [9.17, 15) is 14.9 Å². The van der Waals surface area contributed by atoms with E-state index in [0.717, 1.165) is 21.6 Å². The van der Waals surface area contributed by atoms with Gasteiger partial charge in [0.15, 0.2) is 11.5 Å². The van der Waals surface area contributed by atoms with Crippen LogP contribution in [0.1, 0.15) is 29.7 Å². The zero-order chi connectivity index (χ0) is 24.2. The van der Waals surface area contributed by atoms with Crippen molar-refractivity contribution in [2.24, 2.45) is 0 Å². The van der Waals surface area contributed by atoms with E-state index in [-0.39, 0.29) is 22.9 Å². The van der Waals surface area contributed by atoms with Crippen molar-refractivity contribution in [2.75, 3.05) is 20.8 Å². The molecule has 8 heteroatoms. The molecule has 0 fully saturated rings. The summed E-state index contributed by atoms with van der Waals surface area (Å²) < 4.78 is 11.0. The number of hydrogen-bond donors (Lipinski definition) is 0. The number of methoxy groups -OCH3 is 2. The Morgan fingerprint density at radius 1 is 1.06 bits per heavy atom. The van der Waals surface area contributed by atoms with Crippen LogP contribution in [-0.2, 0) is 11.2 Å². The molecule has 0 saturated carbocycles. The number of amides is 1. The second-order valence-electron chi connectivity index (χ2n) is 8.01. The lowest BCUT2D eigenvalue weighted by atomic mass is 9.87. The van der Waals surface area contributed by atoms with Gasteiger partial charge in [0, 0.05) is 23.6 Å². The lowest BCUT2D eigenvalue weighted by Gasteiger charge is -2.39. The number of hydrogen-bond acceptors (Lipinski definition) is 6. The Balaban J connectivity index is 1.66. The van der Waals surface area contributed by atoms with Gasteiger partial charge in [-0.05, 0) is 54.3 Å². The number of rotatable bonds is 7. The fourth-order valence-corrected chi connectivity index (χ4v) is 5.25. The average molecular weight is 479 g/mol. The molecule has 2 atom stereocenters. The van der Waals surface area contributed by atoms with Crippen molar-refractivity contribution in [3.8, 4) is 11.5 Å². The fraction of sp³-hybridized carbons (Fsp3) is 0.269. The maximum absolute atomic E-state index is 13.7. The number of non-ortho nitro benzene ring substituents is 1. The first-order valence-corrected chi connectivity index (χ1v) is 11.8. The standard InChI is InChI=1S/C26H26N2O5S/c1-17(34-21-11-9-20(10-12-21)28(30)31)26(29)27-14-13-19-15-23(32-2)24(33-3)16-22(19)25(27)18-7-5-4-6-8-18/h4-12,15-17,25H,13-14H2,1-3H3. The van der Waals surface area contributed by atoms with Gasteiger partial charge in [-0.15, -0.1) is 11.8 Å². The van der Waals surface area contributed by atoms with Crippen LogP contribution in [0.5, 0.6) is 11.5 Å². The number of benzene rings is 3. The van der Waals surface area contributed by atoms with Crippen LogP contribution >= 0.6 is 11.8 Å². The molecule has 3 aromatic carbocycles. The third-order valence-corrected chi connectivity index (χ3v) is 7.08. The third-order valence-electron chi connectivity index (χ3n) is 5.98. The van der Waals surface area contributed by atoms with Gasteiger partial charge in [0.25, 0.3) is 5.69 Å². The first-order chi connectivity index (χ1) is 16.4. The van der Waals surface area contributed by atoms with Gasteiger partial charge in [-0.3, -0.25) is 14.9 Å². The van der Waals surface area contributed by atoms with E-state index in [4.69, 9.17) is 9.47 Å². The zero-order valence-electron chi connectivity index (χ0n) is 19.3. The summed E-state index contributed by atoms with van der Waals surface area (Å²) in [6.07, 6.45) is 0.708. The molecule has 4 rings (SSSR count). The summed E-state index contributed by atoms with van der Waals surface area (Å²) in [7, 11) is 3.23. The van der Waals surface area contributed by atoms with Crippen LogP contribution in [-0.4, -0.2) is 41.7 Å². The quantitative estimate of drug-likeness (QED) is 0.262. The Labute approximate surface area is 202 Å². The number of nitrogens with zero attached hydrogens (tertiary/aromatic N) is 2. The summed E-state index contributed by atoms with van der Waals surface area (Å²) in [5, 5.41) is 10.6. The van der Waals surface area contributed by atoms with Crippen molar-refractivity contribution in [3.05, 3.63) is 93.5 Å². The van der Waals surface area contributed by atoms with Crippen molar-refractivity contribution in [2.45, 2.75) is 29.5 Å². The van der Waals surface area contributed by atoms with Crippen LogP contribution in [0.3, 0.4) is 0 Å². The van der Waals surface area contributed by atoms with E-state index in [1.54, 1.807) is 26.4 Å². The van der Waals surface area contributed by atoms with E-state index in [0.29, 0.717) is 24.5 Å². The van der Waals surface area contributed by atoms with Gasteiger partial charge in [0.05, 0.1) is 30.4 Å². The zero-order valence-corrected chi connectivity index (χ0v) is 20.1. The molecule has 1 heterocycles. The minimum absolute atomic E-state index is 0.0117. The second kappa shape index (κ2) is 10.2. The SMILES string of the molecule is COc1cc2c(cc1OC)C(c1ccccc1)N(C(=O)C(C)Sc1ccc([N+](=O)[O-])cc1)CC2. The van der Waals surface area contributed by atoms with Gasteiger partial charge in [0.2, 0.25) is 5.91 Å². The first-order valence-electron chi connectivity index (χ1n) is 10.9. The molecular weight excluding hydrogens is 452 g/mol. The largest absolute Gasteiger partial charge is 0.493 e. The van der Waals surface area contributed by atoms with Gasteiger partial charge < -0.3 is 14.4 Å². The minimum Gasteiger partial charge on any atom is -0.493 e. The second-order valence-corrected chi connectivity index (χ2v) is 9.43. The summed E-state index contributed by atoms with van der Waals surface area (Å²) in [5.74, 6) is 1.32. The normalized spacial score (nSPS) is 15.9. The third kappa shape index (κ3) is 4.72. The topological polar surface area (TPSA) is 81.9 Å². The Kier molecular flexibility index (Phi) is 7.07. The van der Waals surface area contributed by atoms with Gasteiger partial charge in [0.1, 0.15) is 0 Å². The summed E-state index contributed by atoms with van der Waals surface area (Å²) >= 11 is 1.40. The number of nitro groups is 1. The molecule has 0 bridgehead atoms. The summed E-state index contributed by atoms with van der Waals surface area (Å²) in [5.41, 5.74) is 3.21. The lowest BCUT2D eigenvalue weighted by molar-refractivity contribution is -0.384. The molecule has 1 aliphatic heterocycles. The predicted octanol–water partition coefficient (Wildman–Crippen LogP) is 5.27. The summed E-state index contributed by atoms with van der Waals surface area (Å²) in [6, 6.07) is 20.0. The molecule has 0 spiro atoms. The Morgan fingerprint density at radius 2 is 1.71 bits per heavy atom. The van der Waals surface area contributed by atoms with E-state index in [2.05, 4.69) is 0 Å². The molecule has 176 valence electrons. The Morgan fingerprint density at radius 3 is 2.32 bits per heavy atom. The van der Waals surface area contributed by atoms with Gasteiger partial charge >= 0.3 is 0 Å². The average Bonchev–Trinajstić information content (AvgIpc) is 2.87. The van der Waals surface area contributed by atoms with E-state index in [1.807, 2.05) is 54.3 Å². The lowest BCUT2D eigenvalue weighted by Crippen LogP contribution is -2.44. The van der Waals surface area contributed by atoms with Gasteiger partial charge in [-0.1, -0.05) is 30.3 Å². The highest BCUT2D eigenvalue weighted by Gasteiger charge is 2.35. The molecule has 1 aliphatic rings. The summed E-state index contributed by atoms with van der Waals surface area (Å²) in [6.45, 7) is 2.45. The monoisotopic (exact) mass is 478 g/mol. The molecule has 0 aliphatic carbocycles. The molecule has 3 aromatic rings. The van der Waals surface area contributed by atoms with Crippen molar-refractivity contribution in [3.63, 3.8) is 0 Å². The van der Waals surface area contributed by atoms with Crippen LogP contribution < -0.4 is 9.47 Å². The molecule has 34 heavy (non-hydrogen) atoms. The first kappa shape index (κ1) is 23.6. The van der Waals surface area contributed by atoms with E-state index >= 15 is 0 Å². The highest BCUT2D eigenvalue weighted by molar-refractivity contribution is 8.00. The van der Waals surface area contributed by atoms with Crippen LogP contribution in [0.2, 0.25) is 0 Å². The van der Waals surface area contributed by atoms with Gasteiger partial charge in [-0.2, -0.15) is 0 Å². The van der Waals surface area contributed by atoms with E-state index in [1.165, 1.54) is 23.9 Å². The molecule has 0 saturated heterocycles. The van der Waals surface area contributed by atoms with Crippen LogP contribution in [0.15, 0.2) is 71.6 Å². The van der Waals surface area contributed by atoms with Crippen molar-refractivity contribution < 1.29 is 19.2 Å². The maximum atomic E-state index is 13.7. The Bertz CT molecular complexity index is 1180. The molecular formula is C26H26N2O5S. The molecule has 0 radical (unpaired) electrons. The van der Waals surface area contributed by atoms with Crippen LogP contribution in [0, 0.1) is 10.1 Å².